The zero-order valence-electron chi connectivity index (χ0n) is 11.7. The quantitative estimate of drug-likeness (QED) is 0.933. The van der Waals surface area contributed by atoms with Gasteiger partial charge in [0.05, 0.1) is 12.6 Å². The van der Waals surface area contributed by atoms with E-state index in [1.54, 1.807) is 31.4 Å². The van der Waals surface area contributed by atoms with Gasteiger partial charge in [-0.05, 0) is 48.7 Å². The van der Waals surface area contributed by atoms with Crippen molar-refractivity contribution in [2.45, 2.75) is 18.4 Å². The molecule has 1 aliphatic carbocycles. The molecule has 0 aliphatic heterocycles. The van der Waals surface area contributed by atoms with Gasteiger partial charge in [0, 0.05) is 10.6 Å². The number of hydrogen-bond donors (Lipinski definition) is 1. The molecule has 1 saturated carbocycles. The highest BCUT2D eigenvalue weighted by Gasteiger charge is 2.45. The highest BCUT2D eigenvalue weighted by molar-refractivity contribution is 6.30. The molecule has 1 aliphatic rings. The average molecular weight is 302 g/mol. The number of benzene rings is 2. The summed E-state index contributed by atoms with van der Waals surface area (Å²) in [6, 6.07) is 14.8. The molecule has 0 aromatic heterocycles. The molecule has 21 heavy (non-hydrogen) atoms. The minimum Gasteiger partial charge on any atom is -0.497 e. The van der Waals surface area contributed by atoms with Crippen molar-refractivity contribution in [1.29, 1.82) is 0 Å². The zero-order chi connectivity index (χ0) is 14.9. The summed E-state index contributed by atoms with van der Waals surface area (Å²) < 4.78 is 5.16. The van der Waals surface area contributed by atoms with Crippen LogP contribution in [0.3, 0.4) is 0 Å². The molecule has 0 heterocycles. The van der Waals surface area contributed by atoms with E-state index in [9.17, 15) is 4.79 Å². The lowest BCUT2D eigenvalue weighted by Crippen LogP contribution is -2.34. The van der Waals surface area contributed by atoms with Gasteiger partial charge in [0.25, 0.3) is 5.91 Å². The molecule has 0 saturated heterocycles. The van der Waals surface area contributed by atoms with Crippen LogP contribution in [0.25, 0.3) is 0 Å². The van der Waals surface area contributed by atoms with E-state index in [1.807, 2.05) is 24.3 Å². The summed E-state index contributed by atoms with van der Waals surface area (Å²) in [6.07, 6.45) is 1.90. The monoisotopic (exact) mass is 301 g/mol. The van der Waals surface area contributed by atoms with Crippen LogP contribution in [-0.4, -0.2) is 13.0 Å². The number of nitrogens with one attached hydrogen (secondary N) is 1. The second-order valence-electron chi connectivity index (χ2n) is 5.28. The molecular weight excluding hydrogens is 286 g/mol. The first kappa shape index (κ1) is 14.0. The lowest BCUT2D eigenvalue weighted by Gasteiger charge is -2.18. The van der Waals surface area contributed by atoms with E-state index in [2.05, 4.69) is 5.32 Å². The number of carbonyl (C=O) groups is 1. The van der Waals surface area contributed by atoms with Gasteiger partial charge in [-0.2, -0.15) is 0 Å². The van der Waals surface area contributed by atoms with Crippen LogP contribution < -0.4 is 10.1 Å². The molecule has 0 spiro atoms. The summed E-state index contributed by atoms with van der Waals surface area (Å²) in [7, 11) is 1.64. The van der Waals surface area contributed by atoms with Crippen molar-refractivity contribution < 1.29 is 9.53 Å². The van der Waals surface area contributed by atoms with Gasteiger partial charge in [-0.25, -0.2) is 0 Å². The van der Waals surface area contributed by atoms with Gasteiger partial charge in [-0.15, -0.1) is 0 Å². The van der Waals surface area contributed by atoms with Crippen LogP contribution in [0.15, 0.2) is 48.5 Å². The molecule has 3 nitrogen and oxygen atoms in total. The highest BCUT2D eigenvalue weighted by atomic mass is 35.5. The SMILES string of the molecule is COc1ccc(C2(NC(=O)c3cccc(Cl)c3)CC2)cc1. The summed E-state index contributed by atoms with van der Waals surface area (Å²) in [5, 5.41) is 3.69. The predicted octanol–water partition coefficient (Wildman–Crippen LogP) is 3.77. The number of rotatable bonds is 4. The van der Waals surface area contributed by atoms with Crippen LogP contribution in [0.1, 0.15) is 28.8 Å². The van der Waals surface area contributed by atoms with Gasteiger partial charge < -0.3 is 10.1 Å². The number of amides is 1. The van der Waals surface area contributed by atoms with Gasteiger partial charge in [0.2, 0.25) is 0 Å². The van der Waals surface area contributed by atoms with Crippen LogP contribution in [-0.2, 0) is 5.54 Å². The van der Waals surface area contributed by atoms with Crippen molar-refractivity contribution >= 4 is 17.5 Å². The standard InChI is InChI=1S/C17H16ClNO2/c1-21-15-7-5-13(6-8-15)17(9-10-17)19-16(20)12-3-2-4-14(18)11-12/h2-8,11H,9-10H2,1H3,(H,19,20). The topological polar surface area (TPSA) is 38.3 Å². The van der Waals surface area contributed by atoms with Crippen molar-refractivity contribution in [3.8, 4) is 5.75 Å². The lowest BCUT2D eigenvalue weighted by molar-refractivity contribution is 0.0931. The van der Waals surface area contributed by atoms with E-state index in [-0.39, 0.29) is 11.4 Å². The number of ether oxygens (including phenoxy) is 1. The Morgan fingerprint density at radius 1 is 1.19 bits per heavy atom. The first-order valence-electron chi connectivity index (χ1n) is 6.86. The summed E-state index contributed by atoms with van der Waals surface area (Å²) in [5.74, 6) is 0.724. The van der Waals surface area contributed by atoms with Crippen LogP contribution in [0.2, 0.25) is 5.02 Å². The van der Waals surface area contributed by atoms with E-state index in [0.717, 1.165) is 24.2 Å². The summed E-state index contributed by atoms with van der Waals surface area (Å²) in [4.78, 5) is 12.4. The minimum absolute atomic E-state index is 0.0918. The maximum absolute atomic E-state index is 12.4. The second kappa shape index (κ2) is 5.41. The zero-order valence-corrected chi connectivity index (χ0v) is 12.5. The minimum atomic E-state index is -0.244. The van der Waals surface area contributed by atoms with Gasteiger partial charge in [-0.3, -0.25) is 4.79 Å². The van der Waals surface area contributed by atoms with E-state index in [4.69, 9.17) is 16.3 Å². The number of halogens is 1. The third kappa shape index (κ3) is 2.88. The van der Waals surface area contributed by atoms with E-state index in [1.165, 1.54) is 0 Å². The lowest BCUT2D eigenvalue weighted by atomic mass is 10.0. The Balaban J connectivity index is 1.78. The normalized spacial score (nSPS) is 15.3. The molecule has 0 radical (unpaired) electrons. The van der Waals surface area contributed by atoms with Crippen LogP contribution >= 0.6 is 11.6 Å². The van der Waals surface area contributed by atoms with Crippen LogP contribution in [0.4, 0.5) is 0 Å². The molecule has 0 atom stereocenters. The Hall–Kier alpha value is -2.00. The first-order chi connectivity index (χ1) is 10.1. The molecule has 0 unspecified atom stereocenters. The third-order valence-corrected chi connectivity index (χ3v) is 4.07. The molecule has 108 valence electrons. The molecular formula is C17H16ClNO2. The third-order valence-electron chi connectivity index (χ3n) is 3.83. The number of carbonyl (C=O) groups excluding carboxylic acids is 1. The summed E-state index contributed by atoms with van der Waals surface area (Å²) in [5.41, 5.74) is 1.45. The smallest absolute Gasteiger partial charge is 0.252 e. The van der Waals surface area contributed by atoms with Crippen LogP contribution in [0.5, 0.6) is 5.75 Å². The molecule has 2 aromatic rings. The molecule has 4 heteroatoms. The Bertz CT molecular complexity index is 663. The van der Waals surface area contributed by atoms with Gasteiger partial charge in [0.1, 0.15) is 5.75 Å². The molecule has 2 aromatic carbocycles. The number of hydrogen-bond acceptors (Lipinski definition) is 2. The maximum Gasteiger partial charge on any atom is 0.252 e. The fourth-order valence-electron chi connectivity index (χ4n) is 2.44. The number of methoxy groups -OCH3 is 1. The molecule has 3 rings (SSSR count). The van der Waals surface area contributed by atoms with Crippen molar-refractivity contribution in [3.05, 3.63) is 64.7 Å². The average Bonchev–Trinajstić information content (AvgIpc) is 3.28. The molecule has 1 N–H and O–H groups in total. The fraction of sp³-hybridized carbons (Fsp3) is 0.235. The van der Waals surface area contributed by atoms with Gasteiger partial charge in [-0.1, -0.05) is 29.8 Å². The summed E-state index contributed by atoms with van der Waals surface area (Å²) in [6.45, 7) is 0. The van der Waals surface area contributed by atoms with E-state index >= 15 is 0 Å². The maximum atomic E-state index is 12.4. The van der Waals surface area contributed by atoms with Gasteiger partial charge >= 0.3 is 0 Å². The Kier molecular flexibility index (Phi) is 3.60. The van der Waals surface area contributed by atoms with Crippen LogP contribution in [0, 0.1) is 0 Å². The highest BCUT2D eigenvalue weighted by Crippen LogP contribution is 2.46. The molecule has 0 bridgehead atoms. The molecule has 1 fully saturated rings. The van der Waals surface area contributed by atoms with Gasteiger partial charge in [0.15, 0.2) is 0 Å². The summed E-state index contributed by atoms with van der Waals surface area (Å²) >= 11 is 5.93. The predicted molar refractivity (Wildman–Crippen MR) is 82.8 cm³/mol. The van der Waals surface area contributed by atoms with Crippen molar-refractivity contribution in [2.75, 3.05) is 7.11 Å². The van der Waals surface area contributed by atoms with E-state index < -0.39 is 0 Å². The molecule has 1 amide bonds. The largest absolute Gasteiger partial charge is 0.497 e. The Morgan fingerprint density at radius 2 is 1.90 bits per heavy atom. The van der Waals surface area contributed by atoms with E-state index in [0.29, 0.717) is 10.6 Å². The Labute approximate surface area is 128 Å². The van der Waals surface area contributed by atoms with Crippen molar-refractivity contribution in [1.82, 2.24) is 5.32 Å². The van der Waals surface area contributed by atoms with Crippen molar-refractivity contribution in [3.63, 3.8) is 0 Å². The Morgan fingerprint density at radius 3 is 2.48 bits per heavy atom. The fourth-order valence-corrected chi connectivity index (χ4v) is 2.63. The second-order valence-corrected chi connectivity index (χ2v) is 5.71. The van der Waals surface area contributed by atoms with Crippen molar-refractivity contribution in [2.24, 2.45) is 0 Å². The first-order valence-corrected chi connectivity index (χ1v) is 7.23.